The number of nitrogens with two attached hydrogens (primary N) is 1. The first kappa shape index (κ1) is 52.6. The average molecular weight is 902 g/mol. The molecule has 0 bridgehead atoms. The number of nitrogens with one attached hydrogen (secondary N) is 1. The molecule has 4 rings (SSSR count). The number of nitrogens with zero attached hydrogens (tertiary/aromatic N) is 6. The Morgan fingerprint density at radius 2 is 1.19 bits per heavy atom. The van der Waals surface area contributed by atoms with E-state index in [4.69, 9.17) is 43.4 Å². The molecule has 13 nitrogen and oxygen atoms in total. The number of aliphatic imine (C=N–C) groups is 2. The summed E-state index contributed by atoms with van der Waals surface area (Å²) >= 11 is 14.6. The molecule has 0 saturated carbocycles. The van der Waals surface area contributed by atoms with Gasteiger partial charge in [0.05, 0.1) is 47.5 Å². The minimum atomic E-state index is -0.285. The third kappa shape index (κ3) is 18.7. The highest BCUT2D eigenvalue weighted by molar-refractivity contribution is 7.18. The van der Waals surface area contributed by atoms with Crippen LogP contribution in [0.2, 0.25) is 8.67 Å². The highest BCUT2D eigenvalue weighted by atomic mass is 35.5. The molecule has 0 fully saturated rings. The number of hydrogen-bond donors (Lipinski definition) is 2. The fraction of sp³-hybridized carbons (Fsp3) is 0.475. The quantitative estimate of drug-likeness (QED) is 0.0539. The Morgan fingerprint density at radius 1 is 0.759 bits per heavy atom. The van der Waals surface area contributed by atoms with Crippen LogP contribution in [-0.4, -0.2) is 77.1 Å². The number of carbonyl (C=O) groups excluding carboxylic acids is 1. The van der Waals surface area contributed by atoms with E-state index in [2.05, 4.69) is 44.1 Å². The molecule has 3 N–H and O–H groups in total. The van der Waals surface area contributed by atoms with Gasteiger partial charge in [0.25, 0.3) is 10.4 Å². The molecule has 0 amide bonds. The van der Waals surface area contributed by atoms with Gasteiger partial charge >= 0.3 is 0 Å². The number of ether oxygens (including phenoxy) is 2. The summed E-state index contributed by atoms with van der Waals surface area (Å²) in [6.45, 7) is 25.9. The van der Waals surface area contributed by atoms with Gasteiger partial charge in [-0.1, -0.05) is 45.9 Å². The highest BCUT2D eigenvalue weighted by Gasteiger charge is 2.16. The second-order valence-electron chi connectivity index (χ2n) is 14.9. The van der Waals surface area contributed by atoms with Crippen LogP contribution in [0.4, 0.5) is 11.4 Å². The van der Waals surface area contributed by atoms with Crippen LogP contribution in [0, 0.1) is 27.7 Å². The van der Waals surface area contributed by atoms with Gasteiger partial charge in [-0.25, -0.2) is 20.9 Å². The first-order valence-corrected chi connectivity index (χ1v) is 20.6. The Hall–Kier alpha value is -3.38. The van der Waals surface area contributed by atoms with Gasteiger partial charge in [-0.05, 0) is 130 Å². The van der Waals surface area contributed by atoms with Crippen molar-refractivity contribution < 1.29 is 23.9 Å². The van der Waals surface area contributed by atoms with Gasteiger partial charge in [0.15, 0.2) is 6.29 Å². The molecule has 322 valence electrons. The number of aromatic nitrogens is 2. The van der Waals surface area contributed by atoms with Crippen molar-refractivity contribution in [3.8, 4) is 21.9 Å². The molecule has 0 spiro atoms. The average Bonchev–Trinajstić information content (AvgIpc) is 3.68. The van der Waals surface area contributed by atoms with E-state index in [0.717, 1.165) is 63.8 Å². The zero-order valence-corrected chi connectivity index (χ0v) is 39.9. The van der Waals surface area contributed by atoms with E-state index in [0.29, 0.717) is 43.3 Å². The molecule has 0 aliphatic rings. The number of aryl methyl sites for hydroxylation is 4. The number of aldehydes is 1. The smallest absolute Gasteiger partial charge is 0.280 e. The van der Waals surface area contributed by atoms with Gasteiger partial charge in [-0.15, -0.1) is 12.4 Å². The summed E-state index contributed by atoms with van der Waals surface area (Å²) in [5, 5.41) is 0.851. The topological polar surface area (TPSA) is 149 Å². The number of hydroxylamine groups is 1. The Bertz CT molecular complexity index is 1960. The van der Waals surface area contributed by atoms with Gasteiger partial charge in [0.1, 0.15) is 25.9 Å². The predicted molar refractivity (Wildman–Crippen MR) is 244 cm³/mol. The lowest BCUT2D eigenvalue weighted by Gasteiger charge is -2.18. The second kappa shape index (κ2) is 24.6. The summed E-state index contributed by atoms with van der Waals surface area (Å²) in [6.07, 6.45) is 4.26. The molecule has 2 aromatic heterocycles. The van der Waals surface area contributed by atoms with Gasteiger partial charge in [-0.3, -0.25) is 14.5 Å². The zero-order valence-electron chi connectivity index (χ0n) is 35.9. The second-order valence-corrected chi connectivity index (χ2v) is 18.0. The molecule has 0 saturated heterocycles. The first-order chi connectivity index (χ1) is 26.6. The predicted octanol–water partition coefficient (Wildman–Crippen LogP) is 11.4. The maximum atomic E-state index is 10.8. The molecular formula is C40H59Cl3N8O5S2. The van der Waals surface area contributed by atoms with Crippen molar-refractivity contribution in [2.24, 2.45) is 15.9 Å². The Labute approximate surface area is 368 Å². The van der Waals surface area contributed by atoms with E-state index in [1.165, 1.54) is 11.3 Å². The minimum absolute atomic E-state index is 0. The first-order valence-electron chi connectivity index (χ1n) is 18.2. The van der Waals surface area contributed by atoms with Crippen molar-refractivity contribution in [2.75, 3.05) is 27.2 Å². The summed E-state index contributed by atoms with van der Waals surface area (Å²) in [7, 11) is 3.97. The number of halogens is 3. The van der Waals surface area contributed by atoms with Crippen molar-refractivity contribution in [3.05, 3.63) is 66.6 Å². The summed E-state index contributed by atoms with van der Waals surface area (Å²) < 4.78 is 12.7. The van der Waals surface area contributed by atoms with Crippen LogP contribution in [0.25, 0.3) is 0 Å². The third-order valence-corrected chi connectivity index (χ3v) is 9.85. The SMILES string of the molecule is CC(C)(C)ON.CCN(C)C=Nc1cc(C)c(Oc2nc(C=O)c(Cl)s2)cc1C.CCN(C)C=Nc1cc(C)c(Oc2nc(CNOC(C)(C)C)c(Cl)s2)cc1C.Cl. The van der Waals surface area contributed by atoms with E-state index in [1.807, 2.05) is 124 Å². The van der Waals surface area contributed by atoms with Crippen LogP contribution in [0.5, 0.6) is 21.9 Å². The molecule has 58 heavy (non-hydrogen) atoms. The number of hydrogen-bond acceptors (Lipinski definition) is 13. The van der Waals surface area contributed by atoms with Crippen molar-refractivity contribution in [1.29, 1.82) is 0 Å². The molecule has 4 aromatic rings. The van der Waals surface area contributed by atoms with E-state index in [1.54, 1.807) is 6.34 Å². The molecule has 0 aliphatic carbocycles. The monoisotopic (exact) mass is 900 g/mol. The Balaban J connectivity index is 0.000000507. The van der Waals surface area contributed by atoms with Crippen LogP contribution in [-0.2, 0) is 16.2 Å². The third-order valence-electron chi connectivity index (χ3n) is 7.47. The van der Waals surface area contributed by atoms with Crippen molar-refractivity contribution in [1.82, 2.24) is 25.2 Å². The van der Waals surface area contributed by atoms with Crippen LogP contribution in [0.3, 0.4) is 0 Å². The van der Waals surface area contributed by atoms with Crippen molar-refractivity contribution in [2.45, 2.75) is 101 Å². The molecule has 2 heterocycles. The highest BCUT2D eigenvalue weighted by Crippen LogP contribution is 2.37. The summed E-state index contributed by atoms with van der Waals surface area (Å²) in [5.74, 6) is 6.23. The van der Waals surface area contributed by atoms with Crippen LogP contribution >= 0.6 is 58.3 Å². The maximum absolute atomic E-state index is 10.8. The van der Waals surface area contributed by atoms with Crippen molar-refractivity contribution >= 4 is 88.6 Å². The van der Waals surface area contributed by atoms with Gasteiger partial charge < -0.3 is 19.3 Å². The largest absolute Gasteiger partial charge is 0.431 e. The maximum Gasteiger partial charge on any atom is 0.280 e. The molecule has 2 aromatic carbocycles. The Morgan fingerprint density at radius 3 is 1.57 bits per heavy atom. The molecule has 0 atom stereocenters. The fourth-order valence-electron chi connectivity index (χ4n) is 3.92. The van der Waals surface area contributed by atoms with Crippen LogP contribution in [0.1, 0.15) is 93.8 Å². The summed E-state index contributed by atoms with van der Waals surface area (Å²) in [5.41, 5.74) is 9.08. The molecule has 0 unspecified atom stereocenters. The lowest BCUT2D eigenvalue weighted by Crippen LogP contribution is -2.28. The fourth-order valence-corrected chi connectivity index (χ4v) is 5.81. The number of benzene rings is 2. The van der Waals surface area contributed by atoms with Crippen molar-refractivity contribution in [3.63, 3.8) is 0 Å². The standard InChI is InChI=1S/C20H29ClN4O2S.C16H18ClN3O2S.C4H11NO.ClH/c1-8-25(7)12-22-15-9-14(3)17(10-13(15)2)26-19-24-16(18(21)28-19)11-23-27-20(4,5)6;1-5-20(4)9-18-12-6-11(3)14(7-10(12)2)22-16-19-13(8-21)15(17)23-16;1-4(2,3)6-5;/h9-10,12,23H,8,11H2,1-7H3;6-9H,5H2,1-4H3;5H2,1-3H3;1H. The number of rotatable bonds is 14. The number of thiazole rings is 2. The van der Waals surface area contributed by atoms with Gasteiger partial charge in [0.2, 0.25) is 0 Å². The molecular weight excluding hydrogens is 843 g/mol. The Kier molecular flexibility index (Phi) is 22.4. The molecule has 0 radical (unpaired) electrons. The van der Waals surface area contributed by atoms with Crippen LogP contribution in [0.15, 0.2) is 34.3 Å². The normalized spacial score (nSPS) is 11.4. The molecule has 0 aliphatic heterocycles. The van der Waals surface area contributed by atoms with Gasteiger partial charge in [0, 0.05) is 27.2 Å². The molecule has 18 heteroatoms. The lowest BCUT2D eigenvalue weighted by molar-refractivity contribution is -0.0761. The van der Waals surface area contributed by atoms with E-state index in [9.17, 15) is 4.79 Å². The lowest BCUT2D eigenvalue weighted by atomic mass is 10.1. The van der Waals surface area contributed by atoms with E-state index >= 15 is 0 Å². The summed E-state index contributed by atoms with van der Waals surface area (Å²) in [4.78, 5) is 42.3. The minimum Gasteiger partial charge on any atom is -0.431 e. The van der Waals surface area contributed by atoms with Gasteiger partial charge in [-0.2, -0.15) is 10.5 Å². The van der Waals surface area contributed by atoms with E-state index in [-0.39, 0.29) is 29.3 Å². The zero-order chi connectivity index (χ0) is 43.1. The number of carbonyl (C=O) groups is 1. The summed E-state index contributed by atoms with van der Waals surface area (Å²) in [6, 6.07) is 7.85. The van der Waals surface area contributed by atoms with E-state index < -0.39 is 0 Å². The van der Waals surface area contributed by atoms with Crippen LogP contribution < -0.4 is 20.9 Å².